The van der Waals surface area contributed by atoms with Gasteiger partial charge >= 0.3 is 0 Å². The molecule has 0 heterocycles. The first-order chi connectivity index (χ1) is 8.03. The maximum absolute atomic E-state index is 11.8. The van der Waals surface area contributed by atoms with E-state index in [-0.39, 0.29) is 4.90 Å². The molecule has 0 saturated carbocycles. The van der Waals surface area contributed by atoms with Crippen LogP contribution in [0.15, 0.2) is 29.2 Å². The van der Waals surface area contributed by atoms with E-state index in [0.717, 1.165) is 0 Å². The molecule has 7 heteroatoms. The van der Waals surface area contributed by atoms with Crippen LogP contribution in [0.1, 0.15) is 0 Å². The molecule has 0 amide bonds. The Morgan fingerprint density at radius 2 is 1.76 bits per heavy atom. The zero-order chi connectivity index (χ0) is 12.9. The van der Waals surface area contributed by atoms with Gasteiger partial charge in [0.1, 0.15) is 5.75 Å². The Balaban J connectivity index is 2.89. The van der Waals surface area contributed by atoms with E-state index in [1.165, 1.54) is 31.4 Å². The van der Waals surface area contributed by atoms with Crippen LogP contribution in [0.4, 0.5) is 0 Å². The van der Waals surface area contributed by atoms with Gasteiger partial charge in [-0.15, -0.1) is 0 Å². The average molecular weight is 261 g/mol. The van der Waals surface area contributed by atoms with Crippen molar-refractivity contribution in [2.45, 2.75) is 10.9 Å². The van der Waals surface area contributed by atoms with E-state index in [9.17, 15) is 8.42 Å². The monoisotopic (exact) mass is 261 g/mol. The third-order valence-electron chi connectivity index (χ3n) is 2.13. The summed E-state index contributed by atoms with van der Waals surface area (Å²) in [6.45, 7) is -0.933. The molecule has 6 nitrogen and oxygen atoms in total. The largest absolute Gasteiger partial charge is 0.497 e. The molecule has 1 aromatic rings. The summed E-state index contributed by atoms with van der Waals surface area (Å²) >= 11 is 0. The molecule has 0 aromatic heterocycles. The van der Waals surface area contributed by atoms with Crippen LogP contribution in [0.2, 0.25) is 0 Å². The van der Waals surface area contributed by atoms with Crippen LogP contribution >= 0.6 is 0 Å². The van der Waals surface area contributed by atoms with E-state index in [1.54, 1.807) is 0 Å². The maximum Gasteiger partial charge on any atom is 0.240 e. The quantitative estimate of drug-likeness (QED) is 0.631. The fraction of sp³-hybridized carbons (Fsp3) is 0.400. The molecule has 0 aliphatic carbocycles. The Kier molecular flexibility index (Phi) is 4.88. The van der Waals surface area contributed by atoms with Gasteiger partial charge in [-0.3, -0.25) is 0 Å². The Morgan fingerprint density at radius 3 is 2.18 bits per heavy atom. The highest BCUT2D eigenvalue weighted by Crippen LogP contribution is 2.15. The predicted octanol–water partition coefficient (Wildman–Crippen LogP) is -0.673. The van der Waals surface area contributed by atoms with Crippen LogP contribution < -0.4 is 9.46 Å². The average Bonchev–Trinajstić information content (AvgIpc) is 2.36. The molecule has 3 N–H and O–H groups in total. The van der Waals surface area contributed by atoms with E-state index in [4.69, 9.17) is 14.9 Å². The van der Waals surface area contributed by atoms with E-state index in [2.05, 4.69) is 4.72 Å². The molecule has 0 spiro atoms. The first-order valence-corrected chi connectivity index (χ1v) is 6.40. The second kappa shape index (κ2) is 5.97. The SMILES string of the molecule is COc1ccc(S(=O)(=O)NC(CO)CO)cc1. The van der Waals surface area contributed by atoms with Gasteiger partial charge in [0, 0.05) is 0 Å². The van der Waals surface area contributed by atoms with E-state index in [1.807, 2.05) is 0 Å². The highest BCUT2D eigenvalue weighted by atomic mass is 32.2. The van der Waals surface area contributed by atoms with Crippen LogP contribution in [-0.4, -0.2) is 45.0 Å². The summed E-state index contributed by atoms with van der Waals surface area (Å²) in [6.07, 6.45) is 0. The van der Waals surface area contributed by atoms with Gasteiger partial charge in [-0.25, -0.2) is 13.1 Å². The lowest BCUT2D eigenvalue weighted by Crippen LogP contribution is -2.39. The van der Waals surface area contributed by atoms with Gasteiger partial charge in [-0.2, -0.15) is 0 Å². The van der Waals surface area contributed by atoms with Crippen LogP contribution in [-0.2, 0) is 10.0 Å². The van der Waals surface area contributed by atoms with Gasteiger partial charge in [-0.05, 0) is 24.3 Å². The van der Waals surface area contributed by atoms with E-state index in [0.29, 0.717) is 5.75 Å². The number of aliphatic hydroxyl groups is 2. The van der Waals surface area contributed by atoms with Crippen LogP contribution in [0.3, 0.4) is 0 Å². The Hall–Kier alpha value is -1.15. The van der Waals surface area contributed by atoms with Crippen molar-refractivity contribution >= 4 is 10.0 Å². The van der Waals surface area contributed by atoms with Crippen molar-refractivity contribution < 1.29 is 23.4 Å². The normalized spacial score (nSPS) is 11.8. The van der Waals surface area contributed by atoms with Crippen molar-refractivity contribution in [3.8, 4) is 5.75 Å². The summed E-state index contributed by atoms with van der Waals surface area (Å²) in [7, 11) is -2.25. The Labute approximate surface area is 99.9 Å². The minimum Gasteiger partial charge on any atom is -0.497 e. The topological polar surface area (TPSA) is 95.9 Å². The lowest BCUT2D eigenvalue weighted by molar-refractivity contribution is 0.185. The van der Waals surface area contributed by atoms with Gasteiger partial charge in [0.15, 0.2) is 0 Å². The molecular weight excluding hydrogens is 246 g/mol. The van der Waals surface area contributed by atoms with Gasteiger partial charge in [-0.1, -0.05) is 0 Å². The minimum absolute atomic E-state index is 0.0465. The lowest BCUT2D eigenvalue weighted by atomic mass is 10.3. The van der Waals surface area contributed by atoms with Gasteiger partial charge < -0.3 is 14.9 Å². The van der Waals surface area contributed by atoms with E-state index >= 15 is 0 Å². The zero-order valence-corrected chi connectivity index (χ0v) is 10.1. The van der Waals surface area contributed by atoms with Crippen molar-refractivity contribution in [1.82, 2.24) is 4.72 Å². The minimum atomic E-state index is -3.73. The molecule has 0 atom stereocenters. The number of methoxy groups -OCH3 is 1. The van der Waals surface area contributed by atoms with Crippen molar-refractivity contribution in [1.29, 1.82) is 0 Å². The fourth-order valence-electron chi connectivity index (χ4n) is 1.17. The standard InChI is InChI=1S/C10H15NO5S/c1-16-9-2-4-10(5-3-9)17(14,15)11-8(6-12)7-13/h2-5,8,11-13H,6-7H2,1H3. The highest BCUT2D eigenvalue weighted by molar-refractivity contribution is 7.89. The summed E-state index contributed by atoms with van der Waals surface area (Å²) < 4.78 is 30.7. The van der Waals surface area contributed by atoms with Crippen LogP contribution in [0.25, 0.3) is 0 Å². The Morgan fingerprint density at radius 1 is 1.24 bits per heavy atom. The number of hydrogen-bond acceptors (Lipinski definition) is 5. The number of hydrogen-bond donors (Lipinski definition) is 3. The number of ether oxygens (including phenoxy) is 1. The molecule has 0 saturated heterocycles. The third-order valence-corrected chi connectivity index (χ3v) is 3.67. The van der Waals surface area contributed by atoms with Crippen molar-refractivity contribution in [2.75, 3.05) is 20.3 Å². The number of benzene rings is 1. The Bertz CT molecular complexity index is 438. The molecule has 17 heavy (non-hydrogen) atoms. The molecule has 0 bridgehead atoms. The molecule has 0 aliphatic heterocycles. The zero-order valence-electron chi connectivity index (χ0n) is 9.33. The fourth-order valence-corrected chi connectivity index (χ4v) is 2.39. The summed E-state index contributed by atoms with van der Waals surface area (Å²) in [5.41, 5.74) is 0. The molecule has 0 fully saturated rings. The van der Waals surface area contributed by atoms with Crippen molar-refractivity contribution in [3.05, 3.63) is 24.3 Å². The number of nitrogens with one attached hydrogen (secondary N) is 1. The second-order valence-corrected chi connectivity index (χ2v) is 5.07. The second-order valence-electron chi connectivity index (χ2n) is 3.36. The molecule has 0 unspecified atom stereocenters. The van der Waals surface area contributed by atoms with E-state index < -0.39 is 29.3 Å². The first-order valence-electron chi connectivity index (χ1n) is 4.91. The van der Waals surface area contributed by atoms with Crippen LogP contribution in [0, 0.1) is 0 Å². The predicted molar refractivity (Wildman–Crippen MR) is 61.3 cm³/mol. The molecule has 1 aromatic carbocycles. The molecular formula is C10H15NO5S. The number of sulfonamides is 1. The molecule has 1 rings (SSSR count). The third kappa shape index (κ3) is 3.67. The smallest absolute Gasteiger partial charge is 0.240 e. The highest BCUT2D eigenvalue weighted by Gasteiger charge is 2.18. The summed E-state index contributed by atoms with van der Waals surface area (Å²) in [4.78, 5) is 0.0465. The molecule has 0 aliphatic rings. The summed E-state index contributed by atoms with van der Waals surface area (Å²) in [5.74, 6) is 0.546. The number of rotatable bonds is 6. The molecule has 0 radical (unpaired) electrons. The van der Waals surface area contributed by atoms with Crippen molar-refractivity contribution in [2.24, 2.45) is 0 Å². The van der Waals surface area contributed by atoms with Crippen LogP contribution in [0.5, 0.6) is 5.75 Å². The van der Waals surface area contributed by atoms with Crippen molar-refractivity contribution in [3.63, 3.8) is 0 Å². The van der Waals surface area contributed by atoms with Gasteiger partial charge in [0.25, 0.3) is 0 Å². The maximum atomic E-state index is 11.8. The van der Waals surface area contributed by atoms with Gasteiger partial charge in [0.2, 0.25) is 10.0 Å². The van der Waals surface area contributed by atoms with Gasteiger partial charge in [0.05, 0.1) is 31.3 Å². The summed E-state index contributed by atoms with van der Waals surface area (Å²) in [6, 6.07) is 4.89. The lowest BCUT2D eigenvalue weighted by Gasteiger charge is -2.13. The summed E-state index contributed by atoms with van der Waals surface area (Å²) in [5, 5.41) is 17.6. The molecule has 96 valence electrons. The number of aliphatic hydroxyl groups excluding tert-OH is 2. The first kappa shape index (κ1) is 13.9.